The summed E-state index contributed by atoms with van der Waals surface area (Å²) in [5.41, 5.74) is 2.62. The number of benzene rings is 1. The zero-order valence-corrected chi connectivity index (χ0v) is 13.8. The number of aromatic amines is 1. The maximum atomic E-state index is 12.8. The Labute approximate surface area is 142 Å². The normalized spacial score (nSPS) is 11.2. The number of hydrogen-bond donors (Lipinski definition) is 2. The summed E-state index contributed by atoms with van der Waals surface area (Å²) in [7, 11) is 1.48. The number of aromatic nitrogens is 3. The van der Waals surface area contributed by atoms with Crippen molar-refractivity contribution in [2.45, 2.75) is 19.8 Å². The zero-order chi connectivity index (χ0) is 18.0. The molecule has 8 heteroatoms. The van der Waals surface area contributed by atoms with Crippen LogP contribution in [-0.2, 0) is 13.5 Å². The highest BCUT2D eigenvalue weighted by molar-refractivity contribution is 5.84. The lowest BCUT2D eigenvalue weighted by Crippen LogP contribution is -2.29. The van der Waals surface area contributed by atoms with Gasteiger partial charge in [0.2, 0.25) is 0 Å². The molecule has 2 heterocycles. The third-order valence-corrected chi connectivity index (χ3v) is 3.90. The predicted molar refractivity (Wildman–Crippen MR) is 88.9 cm³/mol. The summed E-state index contributed by atoms with van der Waals surface area (Å²) in [6.45, 7) is 2.30. The first-order chi connectivity index (χ1) is 12.0. The Balaban J connectivity index is 1.60. The average molecular weight is 348 g/mol. The number of H-pyrrole nitrogens is 1. The third kappa shape index (κ3) is 3.62. The molecule has 3 rings (SSSR count). The average Bonchev–Trinajstić information content (AvgIpc) is 3.07. The second kappa shape index (κ2) is 6.92. The Hall–Kier alpha value is -2.90. The number of rotatable bonds is 5. The fourth-order valence-corrected chi connectivity index (χ4v) is 2.80. The van der Waals surface area contributed by atoms with E-state index in [2.05, 4.69) is 15.4 Å². The van der Waals surface area contributed by atoms with Gasteiger partial charge in [-0.15, -0.1) is 0 Å². The lowest BCUT2D eigenvalue weighted by molar-refractivity contribution is 0.140. The molecule has 0 spiro atoms. The van der Waals surface area contributed by atoms with Gasteiger partial charge in [-0.1, -0.05) is 18.2 Å². The van der Waals surface area contributed by atoms with E-state index < -0.39 is 18.2 Å². The van der Waals surface area contributed by atoms with Crippen LogP contribution in [0.4, 0.5) is 13.6 Å². The van der Waals surface area contributed by atoms with Crippen LogP contribution in [0.5, 0.6) is 5.75 Å². The Morgan fingerprint density at radius 2 is 2.16 bits per heavy atom. The van der Waals surface area contributed by atoms with E-state index in [9.17, 15) is 13.6 Å². The van der Waals surface area contributed by atoms with Crippen LogP contribution < -0.4 is 10.1 Å². The topological polar surface area (TPSA) is 71.9 Å². The van der Waals surface area contributed by atoms with E-state index >= 15 is 0 Å². The standard InChI is InChI=1S/C17H18F2N4O2/c1-10-11(12-5-3-4-6-13(12)21-10)7-8-20-17(24)25-14-9-23(2)22-15(14)16(18)19/h3-6,9,16,21H,7-8H2,1-2H3,(H,20,24). The van der Waals surface area contributed by atoms with Crippen LogP contribution in [0.3, 0.4) is 0 Å². The van der Waals surface area contributed by atoms with E-state index in [1.807, 2.05) is 31.2 Å². The van der Waals surface area contributed by atoms with Crippen molar-refractivity contribution in [2.75, 3.05) is 6.54 Å². The molecule has 0 saturated heterocycles. The summed E-state index contributed by atoms with van der Waals surface area (Å²) in [5, 5.41) is 7.27. The Morgan fingerprint density at radius 3 is 2.92 bits per heavy atom. The second-order valence-corrected chi connectivity index (χ2v) is 5.69. The first-order valence-electron chi connectivity index (χ1n) is 7.79. The van der Waals surface area contributed by atoms with Crippen molar-refractivity contribution in [2.24, 2.45) is 7.05 Å². The summed E-state index contributed by atoms with van der Waals surface area (Å²) < 4.78 is 31.8. The summed E-state index contributed by atoms with van der Waals surface area (Å²) >= 11 is 0. The molecule has 2 N–H and O–H groups in total. The van der Waals surface area contributed by atoms with Crippen molar-refractivity contribution in [3.8, 4) is 5.75 Å². The highest BCUT2D eigenvalue weighted by Crippen LogP contribution is 2.27. The fraction of sp³-hybridized carbons (Fsp3) is 0.294. The Morgan fingerprint density at radius 1 is 1.40 bits per heavy atom. The van der Waals surface area contributed by atoms with E-state index in [-0.39, 0.29) is 5.75 Å². The van der Waals surface area contributed by atoms with Crippen molar-refractivity contribution in [1.82, 2.24) is 20.1 Å². The SMILES string of the molecule is Cc1[nH]c2ccccc2c1CCNC(=O)Oc1cn(C)nc1C(F)F. The first-order valence-corrected chi connectivity index (χ1v) is 7.79. The number of aryl methyl sites for hydroxylation is 2. The second-order valence-electron chi connectivity index (χ2n) is 5.69. The molecular weight excluding hydrogens is 330 g/mol. The Bertz CT molecular complexity index is 901. The van der Waals surface area contributed by atoms with Crippen molar-refractivity contribution < 1.29 is 18.3 Å². The third-order valence-electron chi connectivity index (χ3n) is 3.90. The number of hydrogen-bond acceptors (Lipinski definition) is 3. The van der Waals surface area contributed by atoms with Gasteiger partial charge < -0.3 is 15.0 Å². The minimum absolute atomic E-state index is 0.238. The number of nitrogens with one attached hydrogen (secondary N) is 2. The highest BCUT2D eigenvalue weighted by atomic mass is 19.3. The van der Waals surface area contributed by atoms with Gasteiger partial charge in [0.1, 0.15) is 0 Å². The molecule has 1 aromatic carbocycles. The molecule has 0 radical (unpaired) electrons. The number of halogens is 2. The van der Waals surface area contributed by atoms with Crippen LogP contribution >= 0.6 is 0 Å². The summed E-state index contributed by atoms with van der Waals surface area (Å²) in [6.07, 6.45) is -1.75. The number of alkyl halides is 2. The predicted octanol–water partition coefficient (Wildman–Crippen LogP) is 3.48. The van der Waals surface area contributed by atoms with Crippen molar-refractivity contribution in [1.29, 1.82) is 0 Å². The van der Waals surface area contributed by atoms with Gasteiger partial charge in [0.15, 0.2) is 11.4 Å². The van der Waals surface area contributed by atoms with E-state index in [1.165, 1.54) is 17.9 Å². The quantitative estimate of drug-likeness (QED) is 0.741. The number of amides is 1. The molecule has 0 unspecified atom stereocenters. The molecule has 1 amide bonds. The minimum atomic E-state index is -2.81. The van der Waals surface area contributed by atoms with Gasteiger partial charge in [-0.25, -0.2) is 13.6 Å². The lowest BCUT2D eigenvalue weighted by Gasteiger charge is -2.07. The number of carbonyl (C=O) groups excluding carboxylic acids is 1. The van der Waals surface area contributed by atoms with Crippen molar-refractivity contribution in [3.05, 3.63) is 47.4 Å². The lowest BCUT2D eigenvalue weighted by atomic mass is 10.1. The van der Waals surface area contributed by atoms with Gasteiger partial charge in [0.25, 0.3) is 6.43 Å². The van der Waals surface area contributed by atoms with Gasteiger partial charge >= 0.3 is 6.09 Å². The molecular formula is C17H18F2N4O2. The summed E-state index contributed by atoms with van der Waals surface area (Å²) in [5.74, 6) is -0.238. The molecule has 132 valence electrons. The molecule has 0 aliphatic carbocycles. The van der Waals surface area contributed by atoms with E-state index in [0.29, 0.717) is 13.0 Å². The van der Waals surface area contributed by atoms with Crippen molar-refractivity contribution >= 4 is 17.0 Å². The molecule has 0 atom stereocenters. The molecule has 0 fully saturated rings. The largest absolute Gasteiger partial charge is 0.412 e. The fourth-order valence-electron chi connectivity index (χ4n) is 2.80. The molecule has 25 heavy (non-hydrogen) atoms. The summed E-state index contributed by atoms with van der Waals surface area (Å²) in [6, 6.07) is 7.90. The first kappa shape index (κ1) is 16.9. The van der Waals surface area contributed by atoms with E-state index in [4.69, 9.17) is 4.74 Å². The van der Waals surface area contributed by atoms with Crippen LogP contribution in [-0.4, -0.2) is 27.4 Å². The van der Waals surface area contributed by atoms with Gasteiger partial charge in [-0.2, -0.15) is 5.10 Å². The number of fused-ring (bicyclic) bond motifs is 1. The molecule has 0 bridgehead atoms. The van der Waals surface area contributed by atoms with Gasteiger partial charge in [0, 0.05) is 30.2 Å². The smallest absolute Gasteiger partial charge is 0.406 e. The molecule has 0 aliphatic rings. The Kier molecular flexibility index (Phi) is 4.69. The highest BCUT2D eigenvalue weighted by Gasteiger charge is 2.21. The van der Waals surface area contributed by atoms with Gasteiger partial charge in [-0.3, -0.25) is 4.68 Å². The van der Waals surface area contributed by atoms with Gasteiger partial charge in [0.05, 0.1) is 6.20 Å². The maximum absolute atomic E-state index is 12.8. The molecule has 6 nitrogen and oxygen atoms in total. The van der Waals surface area contributed by atoms with Crippen LogP contribution in [0, 0.1) is 6.92 Å². The minimum Gasteiger partial charge on any atom is -0.406 e. The summed E-state index contributed by atoms with van der Waals surface area (Å²) in [4.78, 5) is 15.1. The number of nitrogens with zero attached hydrogens (tertiary/aromatic N) is 2. The molecule has 3 aromatic rings. The van der Waals surface area contributed by atoms with Gasteiger partial charge in [-0.05, 0) is 25.0 Å². The van der Waals surface area contributed by atoms with Crippen LogP contribution in [0.1, 0.15) is 23.4 Å². The molecule has 0 saturated carbocycles. The maximum Gasteiger partial charge on any atom is 0.412 e. The van der Waals surface area contributed by atoms with Crippen LogP contribution in [0.25, 0.3) is 10.9 Å². The van der Waals surface area contributed by atoms with E-state index in [1.54, 1.807) is 0 Å². The molecule has 0 aliphatic heterocycles. The number of para-hydroxylation sites is 1. The van der Waals surface area contributed by atoms with Crippen LogP contribution in [0.2, 0.25) is 0 Å². The number of carbonyl (C=O) groups is 1. The van der Waals surface area contributed by atoms with Crippen molar-refractivity contribution in [3.63, 3.8) is 0 Å². The van der Waals surface area contributed by atoms with E-state index in [0.717, 1.165) is 22.2 Å². The monoisotopic (exact) mass is 348 g/mol. The van der Waals surface area contributed by atoms with Crippen LogP contribution in [0.15, 0.2) is 30.5 Å². The zero-order valence-electron chi connectivity index (χ0n) is 13.8. The molecule has 2 aromatic heterocycles. The number of ether oxygens (including phenoxy) is 1.